The highest BCUT2D eigenvalue weighted by molar-refractivity contribution is 7.22. The summed E-state index contributed by atoms with van der Waals surface area (Å²) in [5, 5.41) is 22.1. The van der Waals surface area contributed by atoms with Crippen molar-refractivity contribution in [3.8, 4) is 17.1 Å². The van der Waals surface area contributed by atoms with Crippen molar-refractivity contribution in [3.63, 3.8) is 0 Å². The van der Waals surface area contributed by atoms with Gasteiger partial charge in [-0.3, -0.25) is 10.1 Å². The number of fused-ring (bicyclic) bond motifs is 1. The van der Waals surface area contributed by atoms with Gasteiger partial charge in [0.2, 0.25) is 5.88 Å². The van der Waals surface area contributed by atoms with Crippen LogP contribution in [-0.2, 0) is 5.41 Å². The van der Waals surface area contributed by atoms with Crippen molar-refractivity contribution < 1.29 is 15.0 Å². The van der Waals surface area contributed by atoms with E-state index in [-0.39, 0.29) is 23.8 Å². The van der Waals surface area contributed by atoms with Gasteiger partial charge < -0.3 is 10.2 Å². The number of aromatic hydroxyl groups is 1. The van der Waals surface area contributed by atoms with Crippen LogP contribution in [0.1, 0.15) is 29.8 Å². The first-order valence-electron chi connectivity index (χ1n) is 9.31. The van der Waals surface area contributed by atoms with Gasteiger partial charge in [-0.2, -0.15) is 0 Å². The molecule has 0 atom stereocenters. The molecule has 0 saturated heterocycles. The fourth-order valence-corrected chi connectivity index (χ4v) is 3.74. The highest BCUT2D eigenvalue weighted by Gasteiger charge is 2.20. The highest BCUT2D eigenvalue weighted by atomic mass is 32.1. The number of rotatable bonds is 5. The molecule has 4 aromatic rings. The lowest BCUT2D eigenvalue weighted by atomic mass is 9.85. The molecule has 0 fully saturated rings. The standard InChI is InChI=1S/C22H20N4O3S/c1-22(2,12-27)15-6-3-13(4-7-15)19(29)26-21-25-17-9-8-16(24-20(17)30-21)14-5-10-18(28)23-11-14/h3-11,27H,12H2,1-2H3,(H,23,28)(H,25,26,29). The van der Waals surface area contributed by atoms with Gasteiger partial charge in [0, 0.05) is 28.8 Å². The number of benzene rings is 1. The zero-order chi connectivity index (χ0) is 21.3. The molecule has 0 aliphatic carbocycles. The minimum atomic E-state index is -0.363. The Hall–Kier alpha value is -3.36. The molecule has 0 saturated carbocycles. The lowest BCUT2D eigenvalue weighted by Crippen LogP contribution is -2.22. The Morgan fingerprint density at radius 1 is 1.07 bits per heavy atom. The molecule has 7 nitrogen and oxygen atoms in total. The van der Waals surface area contributed by atoms with E-state index in [0.717, 1.165) is 11.1 Å². The first-order chi connectivity index (χ1) is 14.4. The Morgan fingerprint density at radius 2 is 1.83 bits per heavy atom. The largest absolute Gasteiger partial charge is 0.493 e. The predicted molar refractivity (Wildman–Crippen MR) is 117 cm³/mol. The van der Waals surface area contributed by atoms with E-state index in [2.05, 4.69) is 20.3 Å². The van der Waals surface area contributed by atoms with Gasteiger partial charge in [-0.15, -0.1) is 0 Å². The van der Waals surface area contributed by atoms with E-state index >= 15 is 0 Å². The molecule has 8 heteroatoms. The quantitative estimate of drug-likeness (QED) is 0.451. The molecule has 3 N–H and O–H groups in total. The van der Waals surface area contributed by atoms with E-state index in [1.807, 2.05) is 38.1 Å². The fraction of sp³-hybridized carbons (Fsp3) is 0.182. The van der Waals surface area contributed by atoms with E-state index in [9.17, 15) is 15.0 Å². The zero-order valence-electron chi connectivity index (χ0n) is 16.5. The van der Waals surface area contributed by atoms with Crippen molar-refractivity contribution in [2.45, 2.75) is 19.3 Å². The van der Waals surface area contributed by atoms with Gasteiger partial charge in [0.25, 0.3) is 5.91 Å². The molecular formula is C22H20N4O3S. The van der Waals surface area contributed by atoms with E-state index in [1.165, 1.54) is 17.4 Å². The number of nitrogens with zero attached hydrogens (tertiary/aromatic N) is 3. The summed E-state index contributed by atoms with van der Waals surface area (Å²) >= 11 is 1.29. The van der Waals surface area contributed by atoms with Gasteiger partial charge in [-0.05, 0) is 35.9 Å². The molecule has 3 heterocycles. The normalized spacial score (nSPS) is 11.6. The zero-order valence-corrected chi connectivity index (χ0v) is 17.3. The van der Waals surface area contributed by atoms with Crippen LogP contribution in [0.2, 0.25) is 0 Å². The number of aromatic nitrogens is 3. The number of carbonyl (C=O) groups is 1. The monoisotopic (exact) mass is 420 g/mol. The van der Waals surface area contributed by atoms with Crippen molar-refractivity contribution in [1.29, 1.82) is 0 Å². The Labute approximate surface area is 177 Å². The second-order valence-electron chi connectivity index (χ2n) is 7.52. The summed E-state index contributed by atoms with van der Waals surface area (Å²) in [7, 11) is 0. The maximum atomic E-state index is 12.6. The number of aliphatic hydroxyl groups excluding tert-OH is 1. The van der Waals surface area contributed by atoms with Crippen LogP contribution in [0, 0.1) is 0 Å². The molecule has 1 amide bonds. The van der Waals surface area contributed by atoms with E-state index < -0.39 is 0 Å². The molecular weight excluding hydrogens is 400 g/mol. The third kappa shape index (κ3) is 4.00. The summed E-state index contributed by atoms with van der Waals surface area (Å²) in [5.74, 6) is -0.305. The number of hydrogen-bond donors (Lipinski definition) is 3. The molecule has 0 aliphatic rings. The predicted octanol–water partition coefficient (Wildman–Crippen LogP) is 3.98. The lowest BCUT2D eigenvalue weighted by Gasteiger charge is -2.22. The number of aliphatic hydroxyl groups is 1. The second-order valence-corrected chi connectivity index (χ2v) is 8.50. The average molecular weight is 420 g/mol. The van der Waals surface area contributed by atoms with Crippen LogP contribution >= 0.6 is 11.3 Å². The van der Waals surface area contributed by atoms with E-state index in [4.69, 9.17) is 0 Å². The number of thiazole rings is 1. The smallest absolute Gasteiger partial charge is 0.257 e. The van der Waals surface area contributed by atoms with Crippen LogP contribution in [0.5, 0.6) is 5.88 Å². The molecule has 0 unspecified atom stereocenters. The second kappa shape index (κ2) is 7.81. The van der Waals surface area contributed by atoms with Gasteiger partial charge in [-0.1, -0.05) is 37.3 Å². The minimum Gasteiger partial charge on any atom is -0.493 e. The van der Waals surface area contributed by atoms with Crippen molar-refractivity contribution >= 4 is 32.7 Å². The topological polar surface area (TPSA) is 108 Å². The summed E-state index contributed by atoms with van der Waals surface area (Å²) in [4.78, 5) is 26.2. The van der Waals surface area contributed by atoms with Gasteiger partial charge in [0.15, 0.2) is 5.13 Å². The number of amides is 1. The summed E-state index contributed by atoms with van der Waals surface area (Å²) in [5.41, 5.74) is 3.28. The molecule has 3 aromatic heterocycles. The first-order valence-corrected chi connectivity index (χ1v) is 10.1. The third-order valence-electron chi connectivity index (χ3n) is 4.84. The maximum Gasteiger partial charge on any atom is 0.257 e. The van der Waals surface area contributed by atoms with Gasteiger partial charge in [-0.25, -0.2) is 15.0 Å². The third-order valence-corrected chi connectivity index (χ3v) is 5.72. The molecule has 0 spiro atoms. The molecule has 0 bridgehead atoms. The van der Waals surface area contributed by atoms with E-state index in [0.29, 0.717) is 26.7 Å². The van der Waals surface area contributed by atoms with Crippen LogP contribution in [0.3, 0.4) is 0 Å². The molecule has 4 rings (SSSR count). The molecule has 152 valence electrons. The molecule has 0 aliphatic heterocycles. The maximum absolute atomic E-state index is 12.6. The van der Waals surface area contributed by atoms with Crippen LogP contribution < -0.4 is 5.32 Å². The van der Waals surface area contributed by atoms with Crippen molar-refractivity contribution in [3.05, 3.63) is 65.9 Å². The van der Waals surface area contributed by atoms with Gasteiger partial charge in [0.1, 0.15) is 10.3 Å². The van der Waals surface area contributed by atoms with Crippen LogP contribution in [0.25, 0.3) is 21.6 Å². The Bertz CT molecular complexity index is 1200. The van der Waals surface area contributed by atoms with E-state index in [1.54, 1.807) is 24.4 Å². The van der Waals surface area contributed by atoms with Crippen LogP contribution in [-0.4, -0.2) is 37.7 Å². The number of carbonyl (C=O) groups excluding carboxylic acids is 1. The van der Waals surface area contributed by atoms with Crippen molar-refractivity contribution in [2.24, 2.45) is 0 Å². The first kappa shape index (κ1) is 19.9. The lowest BCUT2D eigenvalue weighted by molar-refractivity contribution is 0.102. The minimum absolute atomic E-state index is 0.0272. The van der Waals surface area contributed by atoms with Crippen molar-refractivity contribution in [1.82, 2.24) is 15.0 Å². The number of pyridine rings is 2. The Kier molecular flexibility index (Phi) is 5.19. The summed E-state index contributed by atoms with van der Waals surface area (Å²) in [6.45, 7) is 3.91. The molecule has 30 heavy (non-hydrogen) atoms. The number of hydrogen-bond acceptors (Lipinski definition) is 7. The summed E-state index contributed by atoms with van der Waals surface area (Å²) in [6, 6.07) is 14.1. The molecule has 0 radical (unpaired) electrons. The number of nitrogens with one attached hydrogen (secondary N) is 1. The highest BCUT2D eigenvalue weighted by Crippen LogP contribution is 2.28. The van der Waals surface area contributed by atoms with Gasteiger partial charge >= 0.3 is 0 Å². The Morgan fingerprint density at radius 3 is 2.50 bits per heavy atom. The molecule has 1 aromatic carbocycles. The van der Waals surface area contributed by atoms with Crippen molar-refractivity contribution in [2.75, 3.05) is 11.9 Å². The number of anilines is 1. The average Bonchev–Trinajstić information content (AvgIpc) is 3.15. The van der Waals surface area contributed by atoms with Crippen LogP contribution in [0.4, 0.5) is 5.13 Å². The summed E-state index contributed by atoms with van der Waals surface area (Å²) in [6.07, 6.45) is 1.55. The fourth-order valence-electron chi connectivity index (χ4n) is 2.90. The SMILES string of the molecule is CC(C)(CO)c1ccc(C(=O)Nc2nc3ccc(-c4ccc(O)nc4)nc3s2)cc1. The van der Waals surface area contributed by atoms with Crippen LogP contribution in [0.15, 0.2) is 54.7 Å². The Balaban J connectivity index is 1.53. The van der Waals surface area contributed by atoms with Gasteiger partial charge in [0.05, 0.1) is 12.3 Å². The summed E-state index contributed by atoms with van der Waals surface area (Å²) < 4.78 is 0.